The Labute approximate surface area is 57.1 Å². The molecule has 1 heteroatoms. The van der Waals surface area contributed by atoms with Crippen LogP contribution in [0.15, 0.2) is 0 Å². The molecule has 1 nitrogen and oxygen atoms in total. The van der Waals surface area contributed by atoms with Crippen LogP contribution in [0.3, 0.4) is 0 Å². The predicted octanol–water partition coefficient (Wildman–Crippen LogP) is 1.56. The highest BCUT2D eigenvalue weighted by molar-refractivity contribution is 4.98. The van der Waals surface area contributed by atoms with E-state index in [1.54, 1.807) is 0 Å². The van der Waals surface area contributed by atoms with Crippen LogP contribution in [0, 0.1) is 11.8 Å². The predicted molar refractivity (Wildman–Crippen MR) is 39.0 cm³/mol. The third-order valence-electron chi connectivity index (χ3n) is 1.11. The van der Waals surface area contributed by atoms with Crippen LogP contribution < -0.4 is 0 Å². The van der Waals surface area contributed by atoms with E-state index in [9.17, 15) is 0 Å². The van der Waals surface area contributed by atoms with Gasteiger partial charge in [-0.15, -0.1) is 5.92 Å². The Balaban J connectivity index is 2.90. The first-order valence-corrected chi connectivity index (χ1v) is 3.48. The molecule has 0 aliphatic heterocycles. The van der Waals surface area contributed by atoms with Gasteiger partial charge in [-0.3, -0.25) is 0 Å². The number of hydrogen-bond donors (Lipinski definition) is 1. The van der Waals surface area contributed by atoms with Crippen molar-refractivity contribution in [2.24, 2.45) is 0 Å². The van der Waals surface area contributed by atoms with Gasteiger partial charge in [-0.1, -0.05) is 25.7 Å². The number of hydrogen-bond acceptors (Lipinski definition) is 1. The average Bonchev–Trinajstić information content (AvgIpc) is 1.89. The lowest BCUT2D eigenvalue weighted by Gasteiger charge is -1.87. The lowest BCUT2D eigenvalue weighted by Crippen LogP contribution is -1.74. The van der Waals surface area contributed by atoms with E-state index < -0.39 is 0 Å². The van der Waals surface area contributed by atoms with Gasteiger partial charge >= 0.3 is 0 Å². The third-order valence-corrected chi connectivity index (χ3v) is 1.11. The Kier molecular flexibility index (Phi) is 7.12. The monoisotopic (exact) mass is 126 g/mol. The summed E-state index contributed by atoms with van der Waals surface area (Å²) in [6.07, 6.45) is 4.60. The SMILES string of the molecule is CCCCCC#CCO. The lowest BCUT2D eigenvalue weighted by atomic mass is 10.2. The standard InChI is InChI=1S/C8H14O/c1-2-3-4-5-6-7-8-9/h9H,2-5,8H2,1H3. The summed E-state index contributed by atoms with van der Waals surface area (Å²) in [5.41, 5.74) is 0. The Bertz CT molecular complexity index is 96.9. The van der Waals surface area contributed by atoms with Crippen molar-refractivity contribution >= 4 is 0 Å². The van der Waals surface area contributed by atoms with Crippen LogP contribution in [0.25, 0.3) is 0 Å². The smallest absolute Gasteiger partial charge is 0.104 e. The van der Waals surface area contributed by atoms with Gasteiger partial charge in [0.1, 0.15) is 6.61 Å². The van der Waals surface area contributed by atoms with Gasteiger partial charge in [0.2, 0.25) is 0 Å². The van der Waals surface area contributed by atoms with E-state index in [-0.39, 0.29) is 6.61 Å². The number of unbranched alkanes of at least 4 members (excludes halogenated alkanes) is 3. The molecule has 0 spiro atoms. The largest absolute Gasteiger partial charge is 0.384 e. The Morgan fingerprint density at radius 2 is 2.00 bits per heavy atom. The zero-order valence-electron chi connectivity index (χ0n) is 5.98. The van der Waals surface area contributed by atoms with Gasteiger partial charge in [-0.25, -0.2) is 0 Å². The maximum absolute atomic E-state index is 8.25. The highest BCUT2D eigenvalue weighted by atomic mass is 16.2. The van der Waals surface area contributed by atoms with Gasteiger partial charge in [0, 0.05) is 6.42 Å². The average molecular weight is 126 g/mol. The van der Waals surface area contributed by atoms with Gasteiger partial charge in [0.05, 0.1) is 0 Å². The van der Waals surface area contributed by atoms with E-state index >= 15 is 0 Å². The van der Waals surface area contributed by atoms with Gasteiger partial charge in [-0.2, -0.15) is 0 Å². The molecule has 52 valence electrons. The minimum absolute atomic E-state index is 0.00608. The maximum Gasteiger partial charge on any atom is 0.104 e. The van der Waals surface area contributed by atoms with Crippen LogP contribution in [0.1, 0.15) is 32.6 Å². The van der Waals surface area contributed by atoms with Crippen molar-refractivity contribution in [1.29, 1.82) is 0 Å². The zero-order valence-corrected chi connectivity index (χ0v) is 5.98. The Morgan fingerprint density at radius 1 is 1.22 bits per heavy atom. The molecule has 0 rings (SSSR count). The fourth-order valence-electron chi connectivity index (χ4n) is 0.608. The van der Waals surface area contributed by atoms with Crippen molar-refractivity contribution in [3.63, 3.8) is 0 Å². The summed E-state index contributed by atoms with van der Waals surface area (Å²) >= 11 is 0. The normalized spacial score (nSPS) is 8.22. The van der Waals surface area contributed by atoms with Crippen molar-refractivity contribution in [1.82, 2.24) is 0 Å². The molecule has 0 saturated carbocycles. The van der Waals surface area contributed by atoms with E-state index in [1.165, 1.54) is 19.3 Å². The fourth-order valence-corrected chi connectivity index (χ4v) is 0.608. The molecule has 0 fully saturated rings. The maximum atomic E-state index is 8.25. The second kappa shape index (κ2) is 7.52. The zero-order chi connectivity index (χ0) is 6.95. The quantitative estimate of drug-likeness (QED) is 0.449. The van der Waals surface area contributed by atoms with E-state index in [2.05, 4.69) is 18.8 Å². The molecular formula is C8H14O. The van der Waals surface area contributed by atoms with Crippen LogP contribution in [0.5, 0.6) is 0 Å². The molecule has 0 heterocycles. The van der Waals surface area contributed by atoms with Crippen LogP contribution in [-0.4, -0.2) is 11.7 Å². The van der Waals surface area contributed by atoms with Gasteiger partial charge in [0.15, 0.2) is 0 Å². The van der Waals surface area contributed by atoms with E-state index in [0.717, 1.165) is 6.42 Å². The molecule has 0 aromatic heterocycles. The molecule has 9 heavy (non-hydrogen) atoms. The summed E-state index contributed by atoms with van der Waals surface area (Å²) in [4.78, 5) is 0. The van der Waals surface area contributed by atoms with Crippen molar-refractivity contribution in [3.8, 4) is 11.8 Å². The molecule has 0 bridgehead atoms. The molecule has 0 aromatic rings. The summed E-state index contributed by atoms with van der Waals surface area (Å²) in [5, 5.41) is 8.25. The third kappa shape index (κ3) is 7.52. The minimum atomic E-state index is 0.00608. The van der Waals surface area contributed by atoms with Crippen molar-refractivity contribution in [2.45, 2.75) is 32.6 Å². The molecule has 0 aliphatic carbocycles. The van der Waals surface area contributed by atoms with Gasteiger partial charge in [0.25, 0.3) is 0 Å². The molecular weight excluding hydrogens is 112 g/mol. The highest BCUT2D eigenvalue weighted by Crippen LogP contribution is 1.96. The van der Waals surface area contributed by atoms with Crippen molar-refractivity contribution in [2.75, 3.05) is 6.61 Å². The molecule has 0 radical (unpaired) electrons. The summed E-state index contributed by atoms with van der Waals surface area (Å²) in [6, 6.07) is 0. The van der Waals surface area contributed by atoms with Crippen LogP contribution >= 0.6 is 0 Å². The molecule has 0 aliphatic rings. The van der Waals surface area contributed by atoms with Crippen molar-refractivity contribution < 1.29 is 5.11 Å². The summed E-state index contributed by atoms with van der Waals surface area (Å²) in [5.74, 6) is 5.48. The number of rotatable bonds is 3. The highest BCUT2D eigenvalue weighted by Gasteiger charge is 1.79. The summed E-state index contributed by atoms with van der Waals surface area (Å²) in [6.45, 7) is 2.17. The van der Waals surface area contributed by atoms with Gasteiger partial charge in [-0.05, 0) is 6.42 Å². The second-order valence-corrected chi connectivity index (χ2v) is 1.97. The Morgan fingerprint density at radius 3 is 2.56 bits per heavy atom. The first kappa shape index (κ1) is 8.52. The van der Waals surface area contributed by atoms with Crippen LogP contribution in [0.4, 0.5) is 0 Å². The van der Waals surface area contributed by atoms with E-state index in [0.29, 0.717) is 0 Å². The van der Waals surface area contributed by atoms with Crippen molar-refractivity contribution in [3.05, 3.63) is 0 Å². The van der Waals surface area contributed by atoms with E-state index in [4.69, 9.17) is 5.11 Å². The second-order valence-electron chi connectivity index (χ2n) is 1.97. The molecule has 0 aromatic carbocycles. The van der Waals surface area contributed by atoms with Crippen LogP contribution in [0.2, 0.25) is 0 Å². The Hall–Kier alpha value is -0.480. The molecule has 0 unspecified atom stereocenters. The minimum Gasteiger partial charge on any atom is -0.384 e. The molecule has 0 saturated heterocycles. The topological polar surface area (TPSA) is 20.2 Å². The first-order valence-electron chi connectivity index (χ1n) is 3.48. The molecule has 1 N–H and O–H groups in total. The van der Waals surface area contributed by atoms with Gasteiger partial charge < -0.3 is 5.11 Å². The van der Waals surface area contributed by atoms with E-state index in [1.807, 2.05) is 0 Å². The molecule has 0 amide bonds. The number of aliphatic hydroxyl groups excluding tert-OH is 1. The summed E-state index contributed by atoms with van der Waals surface area (Å²) < 4.78 is 0. The molecule has 0 atom stereocenters. The fraction of sp³-hybridized carbons (Fsp3) is 0.750. The first-order chi connectivity index (χ1) is 4.41. The summed E-state index contributed by atoms with van der Waals surface area (Å²) in [7, 11) is 0. The number of aliphatic hydroxyl groups is 1. The van der Waals surface area contributed by atoms with Crippen LogP contribution in [-0.2, 0) is 0 Å². The lowest BCUT2D eigenvalue weighted by molar-refractivity contribution is 0.350.